The van der Waals surface area contributed by atoms with E-state index in [1.165, 1.54) is 11.3 Å². The van der Waals surface area contributed by atoms with Gasteiger partial charge in [0, 0.05) is 23.9 Å². The largest absolute Gasteiger partial charge is 0.494 e. The Morgan fingerprint density at radius 3 is 2.76 bits per heavy atom. The van der Waals surface area contributed by atoms with Crippen LogP contribution in [0.25, 0.3) is 21.6 Å². The first kappa shape index (κ1) is 19.1. The number of nitrogens with zero attached hydrogens (tertiary/aromatic N) is 2. The smallest absolute Gasteiger partial charge is 0.270 e. The number of hydrogen-bond acceptors (Lipinski definition) is 5. The van der Waals surface area contributed by atoms with Gasteiger partial charge in [0.15, 0.2) is 0 Å². The summed E-state index contributed by atoms with van der Waals surface area (Å²) < 4.78 is 5.46. The first-order valence-corrected chi connectivity index (χ1v) is 10.5. The summed E-state index contributed by atoms with van der Waals surface area (Å²) in [5.74, 6) is 1.62. The van der Waals surface area contributed by atoms with Gasteiger partial charge >= 0.3 is 0 Å². The molecule has 2 aromatic carbocycles. The highest BCUT2D eigenvalue weighted by atomic mass is 32.1. The standard InChI is InChI=1S/C22H22N4O2S/c1-2-28-16-11-9-15(10-12-16)22-26-19(14-29-22)21(27)23-13-5-8-20-24-17-6-3-4-7-18(17)25-20/h3-4,6-7,9-12,14H,2,5,8,13H2,1H3,(H,23,27)(H,24,25). The van der Waals surface area contributed by atoms with Crippen LogP contribution in [0.3, 0.4) is 0 Å². The average molecular weight is 407 g/mol. The van der Waals surface area contributed by atoms with Crippen molar-refractivity contribution in [1.82, 2.24) is 20.3 Å². The van der Waals surface area contributed by atoms with Crippen LogP contribution in [0.4, 0.5) is 0 Å². The SMILES string of the molecule is CCOc1ccc(-c2nc(C(=O)NCCCc3nc4ccccc4[nH]3)cs2)cc1. The summed E-state index contributed by atoms with van der Waals surface area (Å²) in [6.45, 7) is 3.17. The molecular formula is C22H22N4O2S. The number of fused-ring (bicyclic) bond motifs is 1. The van der Waals surface area contributed by atoms with Gasteiger partial charge in [-0.25, -0.2) is 9.97 Å². The van der Waals surface area contributed by atoms with Crippen LogP contribution in [0, 0.1) is 0 Å². The average Bonchev–Trinajstić information content (AvgIpc) is 3.39. The van der Waals surface area contributed by atoms with E-state index in [-0.39, 0.29) is 5.91 Å². The maximum absolute atomic E-state index is 12.4. The molecule has 4 rings (SSSR count). The molecule has 29 heavy (non-hydrogen) atoms. The van der Waals surface area contributed by atoms with Gasteiger partial charge in [-0.05, 0) is 49.7 Å². The Morgan fingerprint density at radius 1 is 1.14 bits per heavy atom. The topological polar surface area (TPSA) is 79.9 Å². The van der Waals surface area contributed by atoms with Gasteiger partial charge in [-0.3, -0.25) is 4.79 Å². The molecule has 0 aliphatic heterocycles. The number of rotatable bonds is 8. The first-order chi connectivity index (χ1) is 14.2. The fourth-order valence-corrected chi connectivity index (χ4v) is 3.85. The number of carbonyl (C=O) groups is 1. The molecule has 0 spiro atoms. The number of carbonyl (C=O) groups excluding carboxylic acids is 1. The lowest BCUT2D eigenvalue weighted by Crippen LogP contribution is -2.25. The second kappa shape index (κ2) is 8.87. The molecule has 0 aliphatic rings. The van der Waals surface area contributed by atoms with Gasteiger partial charge in [0.2, 0.25) is 0 Å². The van der Waals surface area contributed by atoms with E-state index in [4.69, 9.17) is 4.74 Å². The summed E-state index contributed by atoms with van der Waals surface area (Å²) in [5, 5.41) is 5.55. The van der Waals surface area contributed by atoms with E-state index >= 15 is 0 Å². The minimum absolute atomic E-state index is 0.150. The summed E-state index contributed by atoms with van der Waals surface area (Å²) in [7, 11) is 0. The summed E-state index contributed by atoms with van der Waals surface area (Å²) >= 11 is 1.46. The molecule has 0 saturated heterocycles. The molecule has 0 bridgehead atoms. The maximum Gasteiger partial charge on any atom is 0.270 e. The number of para-hydroxylation sites is 2. The lowest BCUT2D eigenvalue weighted by molar-refractivity contribution is 0.0949. The number of ether oxygens (including phenoxy) is 1. The summed E-state index contributed by atoms with van der Waals surface area (Å²) in [5.41, 5.74) is 3.43. The van der Waals surface area contributed by atoms with Gasteiger partial charge in [0.25, 0.3) is 5.91 Å². The molecule has 0 saturated carbocycles. The van der Waals surface area contributed by atoms with Gasteiger partial charge in [0.1, 0.15) is 22.3 Å². The summed E-state index contributed by atoms with van der Waals surface area (Å²) in [6, 6.07) is 15.7. The lowest BCUT2D eigenvalue weighted by Gasteiger charge is -2.03. The van der Waals surface area contributed by atoms with Crippen LogP contribution in [0.15, 0.2) is 53.9 Å². The van der Waals surface area contributed by atoms with Crippen LogP contribution in [0.1, 0.15) is 29.7 Å². The van der Waals surface area contributed by atoms with Crippen LogP contribution < -0.4 is 10.1 Å². The number of benzene rings is 2. The predicted molar refractivity (Wildman–Crippen MR) is 115 cm³/mol. The zero-order chi connectivity index (χ0) is 20.1. The lowest BCUT2D eigenvalue weighted by atomic mass is 10.2. The monoisotopic (exact) mass is 406 g/mol. The number of hydrogen-bond donors (Lipinski definition) is 2. The van der Waals surface area contributed by atoms with Crippen LogP contribution >= 0.6 is 11.3 Å². The van der Waals surface area contributed by atoms with Crippen molar-refractivity contribution in [2.24, 2.45) is 0 Å². The van der Waals surface area contributed by atoms with Crippen LogP contribution in [0.5, 0.6) is 5.75 Å². The number of nitrogens with one attached hydrogen (secondary N) is 2. The molecule has 0 radical (unpaired) electrons. The van der Waals surface area contributed by atoms with Gasteiger partial charge in [-0.2, -0.15) is 0 Å². The third kappa shape index (κ3) is 4.63. The van der Waals surface area contributed by atoms with E-state index in [9.17, 15) is 4.79 Å². The fraction of sp³-hybridized carbons (Fsp3) is 0.227. The van der Waals surface area contributed by atoms with Crippen molar-refractivity contribution in [3.05, 3.63) is 65.4 Å². The highest BCUT2D eigenvalue weighted by molar-refractivity contribution is 7.13. The molecule has 0 fully saturated rings. The van der Waals surface area contributed by atoms with Crippen LogP contribution in [0.2, 0.25) is 0 Å². The highest BCUT2D eigenvalue weighted by Gasteiger charge is 2.12. The van der Waals surface area contributed by atoms with Crippen LogP contribution in [-0.2, 0) is 6.42 Å². The Morgan fingerprint density at radius 2 is 1.97 bits per heavy atom. The maximum atomic E-state index is 12.4. The number of aryl methyl sites for hydroxylation is 1. The van der Waals surface area contributed by atoms with Crippen molar-refractivity contribution < 1.29 is 9.53 Å². The summed E-state index contributed by atoms with van der Waals surface area (Å²) in [6.07, 6.45) is 1.59. The third-order valence-electron chi connectivity index (χ3n) is 4.46. The number of aromatic nitrogens is 3. The number of amides is 1. The minimum Gasteiger partial charge on any atom is -0.494 e. The molecule has 2 aromatic heterocycles. The van der Waals surface area contributed by atoms with Crippen molar-refractivity contribution in [2.75, 3.05) is 13.2 Å². The van der Waals surface area contributed by atoms with E-state index in [1.54, 1.807) is 5.38 Å². The van der Waals surface area contributed by atoms with Crippen molar-refractivity contribution in [3.63, 3.8) is 0 Å². The molecule has 148 valence electrons. The number of H-pyrrole nitrogens is 1. The molecule has 2 N–H and O–H groups in total. The normalized spacial score (nSPS) is 10.9. The van der Waals surface area contributed by atoms with Crippen molar-refractivity contribution in [2.45, 2.75) is 19.8 Å². The molecule has 1 amide bonds. The Bertz CT molecular complexity index is 1070. The zero-order valence-corrected chi connectivity index (χ0v) is 17.0. The Labute approximate surface area is 173 Å². The number of aromatic amines is 1. The first-order valence-electron chi connectivity index (χ1n) is 9.63. The molecule has 4 aromatic rings. The fourth-order valence-electron chi connectivity index (χ4n) is 3.04. The van der Waals surface area contributed by atoms with E-state index < -0.39 is 0 Å². The molecular weight excluding hydrogens is 384 g/mol. The van der Waals surface area contributed by atoms with Gasteiger partial charge in [0.05, 0.1) is 17.6 Å². The molecule has 6 nitrogen and oxygen atoms in total. The van der Waals surface area contributed by atoms with Gasteiger partial charge in [-0.15, -0.1) is 11.3 Å². The molecule has 0 unspecified atom stereocenters. The second-order valence-corrected chi connectivity index (χ2v) is 7.41. The molecule has 0 atom stereocenters. The third-order valence-corrected chi connectivity index (χ3v) is 5.35. The van der Waals surface area contributed by atoms with E-state index in [2.05, 4.69) is 20.3 Å². The van der Waals surface area contributed by atoms with E-state index in [0.29, 0.717) is 18.8 Å². The van der Waals surface area contributed by atoms with Gasteiger partial charge < -0.3 is 15.0 Å². The number of thiazole rings is 1. The molecule has 2 heterocycles. The van der Waals surface area contributed by atoms with E-state index in [0.717, 1.165) is 46.0 Å². The number of imidazole rings is 1. The predicted octanol–water partition coefficient (Wildman–Crippen LogP) is 4.45. The van der Waals surface area contributed by atoms with Crippen molar-refractivity contribution in [1.29, 1.82) is 0 Å². The van der Waals surface area contributed by atoms with Crippen molar-refractivity contribution in [3.8, 4) is 16.3 Å². The van der Waals surface area contributed by atoms with Gasteiger partial charge in [-0.1, -0.05) is 12.1 Å². The minimum atomic E-state index is -0.150. The Balaban J connectivity index is 1.28. The summed E-state index contributed by atoms with van der Waals surface area (Å²) in [4.78, 5) is 24.7. The van der Waals surface area contributed by atoms with Crippen LogP contribution in [-0.4, -0.2) is 34.0 Å². The quantitative estimate of drug-likeness (QED) is 0.424. The Kier molecular flexibility index (Phi) is 5.86. The van der Waals surface area contributed by atoms with E-state index in [1.807, 2.05) is 55.5 Å². The molecule has 7 heteroatoms. The highest BCUT2D eigenvalue weighted by Crippen LogP contribution is 2.25. The zero-order valence-electron chi connectivity index (χ0n) is 16.1. The molecule has 0 aliphatic carbocycles. The Hall–Kier alpha value is -3.19. The second-order valence-electron chi connectivity index (χ2n) is 6.56. The van der Waals surface area contributed by atoms with Crippen molar-refractivity contribution >= 4 is 28.3 Å².